The summed E-state index contributed by atoms with van der Waals surface area (Å²) in [5.41, 5.74) is 10.2. The summed E-state index contributed by atoms with van der Waals surface area (Å²) >= 11 is 0. The maximum atomic E-state index is 13.8. The Balaban J connectivity index is -0.00000123. The molecule has 0 spiro atoms. The van der Waals surface area contributed by atoms with E-state index in [2.05, 4.69) is 37.2 Å². The maximum absolute atomic E-state index is 13.8. The van der Waals surface area contributed by atoms with Gasteiger partial charge < -0.3 is 63.0 Å². The second kappa shape index (κ2) is 36.9. The van der Waals surface area contributed by atoms with Crippen molar-refractivity contribution in [2.75, 3.05) is 0 Å². The van der Waals surface area contributed by atoms with Crippen molar-refractivity contribution in [3.63, 3.8) is 0 Å². The van der Waals surface area contributed by atoms with E-state index in [1.807, 2.05) is 69.2 Å². The molecule has 1 aliphatic rings. The highest BCUT2D eigenvalue weighted by Crippen LogP contribution is 2.14. The summed E-state index contributed by atoms with van der Waals surface area (Å²) in [5.74, 6) is -5.15. The van der Waals surface area contributed by atoms with E-state index in [1.54, 1.807) is 13.8 Å². The first-order chi connectivity index (χ1) is 31.0. The summed E-state index contributed by atoms with van der Waals surface area (Å²) < 4.78 is 5.55. The van der Waals surface area contributed by atoms with Gasteiger partial charge in [0.05, 0.1) is 12.1 Å². The molecular weight excluding hydrogens is 891 g/mol. The second-order valence-electron chi connectivity index (χ2n) is 19.6. The van der Waals surface area contributed by atoms with Gasteiger partial charge in [0.15, 0.2) is 0 Å². The average molecular weight is 986 g/mol. The lowest BCUT2D eigenvalue weighted by Gasteiger charge is -2.30. The van der Waals surface area contributed by atoms with Crippen LogP contribution in [0.5, 0.6) is 0 Å². The van der Waals surface area contributed by atoms with Gasteiger partial charge in [0.1, 0.15) is 61.0 Å². The molecule has 69 heavy (non-hydrogen) atoms. The average Bonchev–Trinajstić information content (AvgIpc) is 3.20. The number of cyclic esters (lactones) is 1. The summed E-state index contributed by atoms with van der Waals surface area (Å²) in [4.78, 5) is 127. The SMILES string of the molecule is C.C.CC(C)C[C@H](N)C=O.CCCC(=O)N[C@@H]1C(=O)N[C@@H](C)C(=O)NC(CC(C)C)C(=O)NC(CC(C)C)C(=O)NC(CC(C)C)C(=O)NC(CC(C)C)C(=O)N[C@@H](C)C(=O)O[C@@H]1C.C[C@H](N)C=O. The first kappa shape index (κ1) is 70.6. The summed E-state index contributed by atoms with van der Waals surface area (Å²) in [7, 11) is 0. The molecule has 0 bridgehead atoms. The Morgan fingerprint density at radius 2 is 0.884 bits per heavy atom. The lowest BCUT2D eigenvalue weighted by molar-refractivity contribution is -0.155. The highest BCUT2D eigenvalue weighted by molar-refractivity contribution is 5.97. The van der Waals surface area contributed by atoms with Crippen molar-refractivity contribution in [1.82, 2.24) is 37.2 Å². The Morgan fingerprint density at radius 3 is 1.17 bits per heavy atom. The molecule has 0 aromatic rings. The van der Waals surface area contributed by atoms with E-state index in [-0.39, 0.29) is 82.7 Å². The fourth-order valence-electron chi connectivity index (χ4n) is 6.49. The van der Waals surface area contributed by atoms with Crippen LogP contribution in [0, 0.1) is 29.6 Å². The van der Waals surface area contributed by atoms with Crippen LogP contribution in [-0.2, 0) is 52.7 Å². The van der Waals surface area contributed by atoms with Crippen LogP contribution in [0.3, 0.4) is 0 Å². The van der Waals surface area contributed by atoms with Gasteiger partial charge in [0, 0.05) is 6.42 Å². The Bertz CT molecular complexity index is 1590. The van der Waals surface area contributed by atoms with Crippen LogP contribution in [0.4, 0.5) is 0 Å². The predicted molar refractivity (Wildman–Crippen MR) is 270 cm³/mol. The number of nitrogens with two attached hydrogens (primary N) is 2. The zero-order chi connectivity index (χ0) is 52.3. The van der Waals surface area contributed by atoms with E-state index in [9.17, 15) is 47.9 Å². The van der Waals surface area contributed by atoms with Crippen LogP contribution in [0.2, 0.25) is 0 Å². The third-order valence-electron chi connectivity index (χ3n) is 9.81. The third-order valence-corrected chi connectivity index (χ3v) is 9.81. The standard InChI is InChI=1S/C38H67N7O9.C6H13NO.C3H7NO.2CH4/c1-13-14-30(46)45-31-25(12)54-38(53)24(11)40-33(48)26(15-19(2)3)42-35(50)28(17-21(6)7)44-36(51)29(18-22(8)9)43-34(49)27(16-20(4)5)41-32(47)23(10)39-37(31)52;1-5(2)3-6(7)4-8;1-3(4)2-5;;/h19-29,31H,13-18H2,1-12H3,(H,39,52)(H,40,48)(H,41,47)(H,42,50)(H,43,49)(H,44,51)(H,45,46);4-6H,3,7H2,1-2H3;2-3H,4H2,1H3;2*1H4/t23-,24-,25+,26?,27?,28?,29?,31-;6-;3-;;/m000../s1. The molecule has 10 atom stereocenters. The monoisotopic (exact) mass is 986 g/mol. The summed E-state index contributed by atoms with van der Waals surface area (Å²) in [6.07, 6.45) is 2.44. The molecule has 402 valence electrons. The lowest BCUT2D eigenvalue weighted by Crippen LogP contribution is -2.61. The molecule has 1 heterocycles. The molecule has 0 aliphatic carbocycles. The Labute approximate surface area is 414 Å². The zero-order valence-corrected chi connectivity index (χ0v) is 42.9. The molecular formula is C49H95N9O11. The number of rotatable bonds is 15. The number of carbonyl (C=O) groups excluding carboxylic acids is 10. The first-order valence-corrected chi connectivity index (χ1v) is 23.7. The number of hydrogen-bond acceptors (Lipinski definition) is 13. The Morgan fingerprint density at radius 1 is 0.551 bits per heavy atom. The fraction of sp³-hybridized carbons (Fsp3) is 0.796. The number of nitrogens with one attached hydrogen (secondary N) is 7. The van der Waals surface area contributed by atoms with Crippen LogP contribution in [0.15, 0.2) is 0 Å². The normalized spacial score (nSPS) is 24.2. The van der Waals surface area contributed by atoms with Crippen molar-refractivity contribution in [2.24, 2.45) is 41.1 Å². The molecule has 7 amide bonds. The van der Waals surface area contributed by atoms with Gasteiger partial charge in [-0.2, -0.15) is 0 Å². The highest BCUT2D eigenvalue weighted by atomic mass is 16.5. The van der Waals surface area contributed by atoms with Crippen LogP contribution in [-0.4, -0.2) is 120 Å². The van der Waals surface area contributed by atoms with E-state index < -0.39 is 95.7 Å². The maximum Gasteiger partial charge on any atom is 0.328 e. The van der Waals surface area contributed by atoms with E-state index in [1.165, 1.54) is 20.8 Å². The van der Waals surface area contributed by atoms with E-state index in [0.29, 0.717) is 18.6 Å². The number of hydrogen-bond donors (Lipinski definition) is 9. The minimum atomic E-state index is -1.42. The molecule has 0 aromatic carbocycles. The first-order valence-electron chi connectivity index (χ1n) is 23.7. The van der Waals surface area contributed by atoms with Gasteiger partial charge in [0.2, 0.25) is 41.4 Å². The Kier molecular flexibility index (Phi) is 37.8. The number of aldehydes is 2. The van der Waals surface area contributed by atoms with Crippen LogP contribution >= 0.6 is 0 Å². The second-order valence-corrected chi connectivity index (χ2v) is 19.6. The smallest absolute Gasteiger partial charge is 0.328 e. The van der Waals surface area contributed by atoms with E-state index >= 15 is 0 Å². The number of ether oxygens (including phenoxy) is 1. The molecule has 0 aromatic heterocycles. The predicted octanol–water partition coefficient (Wildman–Crippen LogP) is 2.71. The van der Waals surface area contributed by atoms with Crippen molar-refractivity contribution in [3.8, 4) is 0 Å². The van der Waals surface area contributed by atoms with Crippen LogP contribution < -0.4 is 48.7 Å². The summed E-state index contributed by atoms with van der Waals surface area (Å²) in [6.45, 7) is 26.6. The van der Waals surface area contributed by atoms with Gasteiger partial charge >= 0.3 is 5.97 Å². The van der Waals surface area contributed by atoms with Crippen LogP contribution in [0.25, 0.3) is 0 Å². The van der Waals surface area contributed by atoms with Gasteiger partial charge in [-0.1, -0.05) is 91.0 Å². The molecule has 1 aliphatic heterocycles. The summed E-state index contributed by atoms with van der Waals surface area (Å²) in [6, 6.07) is -8.72. The van der Waals surface area contributed by atoms with E-state index in [0.717, 1.165) is 12.7 Å². The molecule has 0 radical (unpaired) electrons. The zero-order valence-electron chi connectivity index (χ0n) is 42.9. The third kappa shape index (κ3) is 31.7. The Hall–Kier alpha value is -4.98. The molecule has 20 nitrogen and oxygen atoms in total. The number of esters is 1. The topological polar surface area (TPSA) is 316 Å². The van der Waals surface area contributed by atoms with Crippen molar-refractivity contribution < 1.29 is 52.7 Å². The minimum Gasteiger partial charge on any atom is -0.458 e. The quantitative estimate of drug-likeness (QED) is 0.0844. The fourth-order valence-corrected chi connectivity index (χ4v) is 6.49. The number of amides is 7. The molecule has 11 N–H and O–H groups in total. The van der Waals surface area contributed by atoms with Crippen molar-refractivity contribution in [1.29, 1.82) is 0 Å². The van der Waals surface area contributed by atoms with Gasteiger partial charge in [-0.3, -0.25) is 33.6 Å². The number of carbonyl (C=O) groups is 10. The highest BCUT2D eigenvalue weighted by Gasteiger charge is 2.36. The van der Waals surface area contributed by atoms with Crippen molar-refractivity contribution in [3.05, 3.63) is 0 Å². The van der Waals surface area contributed by atoms with Gasteiger partial charge in [0.25, 0.3) is 0 Å². The molecule has 0 saturated carbocycles. The van der Waals surface area contributed by atoms with Crippen molar-refractivity contribution >= 4 is 59.9 Å². The lowest BCUT2D eigenvalue weighted by atomic mass is 9.98. The minimum absolute atomic E-state index is 0. The molecule has 1 fully saturated rings. The molecule has 1 rings (SSSR count). The largest absolute Gasteiger partial charge is 0.458 e. The van der Waals surface area contributed by atoms with Gasteiger partial charge in [-0.25, -0.2) is 4.79 Å². The van der Waals surface area contributed by atoms with E-state index in [4.69, 9.17) is 16.2 Å². The summed E-state index contributed by atoms with van der Waals surface area (Å²) in [5, 5.41) is 18.7. The van der Waals surface area contributed by atoms with Crippen molar-refractivity contribution in [2.45, 2.75) is 224 Å². The van der Waals surface area contributed by atoms with Gasteiger partial charge in [-0.15, -0.1) is 0 Å². The van der Waals surface area contributed by atoms with Crippen LogP contribution in [0.1, 0.15) is 164 Å². The molecule has 4 unspecified atom stereocenters. The van der Waals surface area contributed by atoms with Gasteiger partial charge in [-0.05, 0) is 95.8 Å². The molecule has 20 heteroatoms. The molecule has 1 saturated heterocycles.